The maximum atomic E-state index is 15.6. The van der Waals surface area contributed by atoms with Crippen LogP contribution >= 0.6 is 0 Å². The van der Waals surface area contributed by atoms with Gasteiger partial charge in [-0.1, -0.05) is 106 Å². The molecule has 304 valence electrons. The van der Waals surface area contributed by atoms with Crippen molar-refractivity contribution in [1.82, 2.24) is 24.8 Å². The second kappa shape index (κ2) is 16.4. The third kappa shape index (κ3) is 8.21. The van der Waals surface area contributed by atoms with Crippen molar-refractivity contribution in [2.45, 2.75) is 58.3 Å². The Bertz CT molecular complexity index is 2490. The Morgan fingerprint density at radius 2 is 1.59 bits per heavy atom. The van der Waals surface area contributed by atoms with Crippen LogP contribution in [0.25, 0.3) is 27.9 Å². The fourth-order valence-corrected chi connectivity index (χ4v) is 12.5. The number of H-pyrrole nitrogens is 1. The standard InChI is InChI=1S/C47H51FN6O4Si/c1-46(2,3)59(33-15-10-8-11-16-33,34-17-12-9-13-18-34)58-29-38-35(19-14-20-40(38)52-44(55)36-22-21-32(27-39(36)48)47(4,5)57)42-37-28-41(51-43(37)50-30-49-42)31-23-25-54(26-24-31)45(56)53(6)7/h8-23,27-28,30,57H,24-26,29H2,1-7H3,(H,52,55)(H,49,50,51). The quantitative estimate of drug-likeness (QED) is 0.120. The van der Waals surface area contributed by atoms with E-state index in [9.17, 15) is 14.7 Å². The van der Waals surface area contributed by atoms with E-state index >= 15 is 4.39 Å². The Morgan fingerprint density at radius 1 is 0.915 bits per heavy atom. The molecule has 0 radical (unpaired) electrons. The molecule has 59 heavy (non-hydrogen) atoms. The monoisotopic (exact) mass is 810 g/mol. The summed E-state index contributed by atoms with van der Waals surface area (Å²) in [6.07, 6.45) is 4.25. The number of aromatic nitrogens is 3. The van der Waals surface area contributed by atoms with E-state index in [0.29, 0.717) is 47.7 Å². The molecular formula is C47H51FN6O4Si. The van der Waals surface area contributed by atoms with Crippen LogP contribution in [0.15, 0.2) is 116 Å². The lowest BCUT2D eigenvalue weighted by Crippen LogP contribution is -2.66. The van der Waals surface area contributed by atoms with E-state index in [1.165, 1.54) is 18.5 Å². The van der Waals surface area contributed by atoms with Crippen molar-refractivity contribution < 1.29 is 23.5 Å². The number of nitrogens with one attached hydrogen (secondary N) is 2. The second-order valence-electron chi connectivity index (χ2n) is 16.8. The highest BCUT2D eigenvalue weighted by Crippen LogP contribution is 2.40. The van der Waals surface area contributed by atoms with Gasteiger partial charge in [0.05, 0.1) is 23.5 Å². The van der Waals surface area contributed by atoms with Gasteiger partial charge in [-0.05, 0) is 71.1 Å². The molecule has 0 atom stereocenters. The maximum absolute atomic E-state index is 15.6. The minimum Gasteiger partial charge on any atom is -0.403 e. The average Bonchev–Trinajstić information content (AvgIpc) is 3.66. The number of carbonyl (C=O) groups is 2. The Hall–Kier alpha value is -5.95. The molecule has 3 N–H and O–H groups in total. The number of aliphatic hydroxyl groups is 1. The van der Waals surface area contributed by atoms with E-state index in [1.807, 2.05) is 59.5 Å². The fourth-order valence-electron chi connectivity index (χ4n) is 7.99. The molecule has 0 aliphatic carbocycles. The lowest BCUT2D eigenvalue weighted by Gasteiger charge is -2.43. The normalized spacial score (nSPS) is 13.6. The Kier molecular flexibility index (Phi) is 11.4. The van der Waals surface area contributed by atoms with Gasteiger partial charge in [0.25, 0.3) is 14.2 Å². The molecule has 12 heteroatoms. The van der Waals surface area contributed by atoms with Crippen LogP contribution in [0.4, 0.5) is 14.9 Å². The van der Waals surface area contributed by atoms with Crippen LogP contribution in [-0.2, 0) is 16.6 Å². The number of carbonyl (C=O) groups excluding carboxylic acids is 2. The first-order valence-corrected chi connectivity index (χ1v) is 21.7. The van der Waals surface area contributed by atoms with Crippen molar-refractivity contribution in [3.63, 3.8) is 0 Å². The molecule has 0 saturated heterocycles. The molecule has 2 aromatic heterocycles. The van der Waals surface area contributed by atoms with Crippen LogP contribution < -0.4 is 15.7 Å². The molecular weight excluding hydrogens is 760 g/mol. The van der Waals surface area contributed by atoms with Gasteiger partial charge in [0.1, 0.15) is 17.8 Å². The molecule has 0 saturated carbocycles. The lowest BCUT2D eigenvalue weighted by atomic mass is 9.96. The SMILES string of the molecule is CN(C)C(=O)N1CC=C(c2cc3c(-c4cccc(NC(=O)c5ccc(C(C)(C)O)cc5F)c4CO[Si](c4ccccc4)(c4ccccc4)C(C)(C)C)ncnc3[nH]2)CC1. The number of benzene rings is 4. The second-order valence-corrected chi connectivity index (χ2v) is 21.1. The molecule has 10 nitrogen and oxygen atoms in total. The highest BCUT2D eigenvalue weighted by atomic mass is 28.4. The number of amides is 3. The summed E-state index contributed by atoms with van der Waals surface area (Å²) in [6.45, 7) is 10.9. The van der Waals surface area contributed by atoms with Crippen LogP contribution in [0.3, 0.4) is 0 Å². The largest absolute Gasteiger partial charge is 0.403 e. The molecule has 3 amide bonds. The van der Waals surface area contributed by atoms with E-state index in [1.54, 1.807) is 45.0 Å². The number of rotatable bonds is 10. The van der Waals surface area contributed by atoms with Crippen molar-refractivity contribution in [3.05, 3.63) is 144 Å². The molecule has 0 bridgehead atoms. The topological polar surface area (TPSA) is 124 Å². The third-order valence-corrected chi connectivity index (χ3v) is 16.1. The van der Waals surface area contributed by atoms with Crippen molar-refractivity contribution in [2.75, 3.05) is 32.5 Å². The number of anilines is 1. The van der Waals surface area contributed by atoms with Gasteiger partial charge in [0.2, 0.25) is 0 Å². The summed E-state index contributed by atoms with van der Waals surface area (Å²) in [5.74, 6) is -1.39. The van der Waals surface area contributed by atoms with Crippen molar-refractivity contribution in [1.29, 1.82) is 0 Å². The fraction of sp³-hybridized carbons (Fsp3) is 0.277. The number of halogens is 1. The molecule has 1 aliphatic heterocycles. The van der Waals surface area contributed by atoms with Crippen LogP contribution in [0.2, 0.25) is 5.04 Å². The first-order valence-electron chi connectivity index (χ1n) is 19.8. The zero-order valence-corrected chi connectivity index (χ0v) is 35.6. The zero-order chi connectivity index (χ0) is 42.1. The Balaban J connectivity index is 1.35. The van der Waals surface area contributed by atoms with Gasteiger partial charge in [-0.2, -0.15) is 0 Å². The van der Waals surface area contributed by atoms with Crippen molar-refractivity contribution in [3.8, 4) is 11.3 Å². The van der Waals surface area contributed by atoms with E-state index in [2.05, 4.69) is 66.4 Å². The summed E-state index contributed by atoms with van der Waals surface area (Å²) in [7, 11) is 0.421. The number of hydrogen-bond donors (Lipinski definition) is 3. The van der Waals surface area contributed by atoms with Crippen LogP contribution in [0.5, 0.6) is 0 Å². The number of fused-ring (bicyclic) bond motifs is 1. The van der Waals surface area contributed by atoms with Gasteiger partial charge < -0.3 is 29.6 Å². The molecule has 4 aromatic carbocycles. The molecule has 7 rings (SSSR count). The molecule has 0 fully saturated rings. The summed E-state index contributed by atoms with van der Waals surface area (Å²) in [5, 5.41) is 16.1. The van der Waals surface area contributed by atoms with Gasteiger partial charge in [-0.25, -0.2) is 19.2 Å². The summed E-state index contributed by atoms with van der Waals surface area (Å²) >= 11 is 0. The van der Waals surface area contributed by atoms with Crippen molar-refractivity contribution >= 4 is 52.9 Å². The van der Waals surface area contributed by atoms with Gasteiger partial charge in [-0.15, -0.1) is 0 Å². The highest BCUT2D eigenvalue weighted by Gasteiger charge is 2.50. The van der Waals surface area contributed by atoms with E-state index in [0.717, 1.165) is 32.6 Å². The van der Waals surface area contributed by atoms with Gasteiger partial charge in [0, 0.05) is 55.1 Å². The Morgan fingerprint density at radius 3 is 2.17 bits per heavy atom. The number of hydrogen-bond acceptors (Lipinski definition) is 6. The molecule has 1 aliphatic rings. The van der Waals surface area contributed by atoms with E-state index in [4.69, 9.17) is 9.41 Å². The summed E-state index contributed by atoms with van der Waals surface area (Å²) in [5.41, 5.74) is 3.98. The Labute approximate surface area is 345 Å². The number of nitrogens with zero attached hydrogens (tertiary/aromatic N) is 4. The number of urea groups is 1. The summed E-state index contributed by atoms with van der Waals surface area (Å²) in [4.78, 5) is 42.9. The average molecular weight is 811 g/mol. The summed E-state index contributed by atoms with van der Waals surface area (Å²) < 4.78 is 23.0. The van der Waals surface area contributed by atoms with Crippen LogP contribution in [0.1, 0.15) is 68.2 Å². The summed E-state index contributed by atoms with van der Waals surface area (Å²) in [6, 6.07) is 32.4. The smallest absolute Gasteiger partial charge is 0.319 e. The molecule has 6 aromatic rings. The predicted octanol–water partition coefficient (Wildman–Crippen LogP) is 8.09. The van der Waals surface area contributed by atoms with Crippen LogP contribution in [0, 0.1) is 5.82 Å². The van der Waals surface area contributed by atoms with Gasteiger partial charge in [-0.3, -0.25) is 4.79 Å². The molecule has 0 unspecified atom stereocenters. The minimum atomic E-state index is -3.08. The molecule has 3 heterocycles. The highest BCUT2D eigenvalue weighted by molar-refractivity contribution is 6.99. The molecule has 0 spiro atoms. The van der Waals surface area contributed by atoms with Gasteiger partial charge >= 0.3 is 6.03 Å². The predicted molar refractivity (Wildman–Crippen MR) is 235 cm³/mol. The van der Waals surface area contributed by atoms with Crippen molar-refractivity contribution in [2.24, 2.45) is 0 Å². The lowest BCUT2D eigenvalue weighted by molar-refractivity contribution is 0.0780. The first-order chi connectivity index (χ1) is 28.1. The van der Waals surface area contributed by atoms with E-state index in [-0.39, 0.29) is 23.2 Å². The zero-order valence-electron chi connectivity index (χ0n) is 34.6. The van der Waals surface area contributed by atoms with E-state index < -0.39 is 25.6 Å². The van der Waals surface area contributed by atoms with Crippen LogP contribution in [-0.4, -0.2) is 77.3 Å². The minimum absolute atomic E-state index is 0.0289. The third-order valence-electron chi connectivity index (χ3n) is 11.1. The first kappa shape index (κ1) is 41.2. The van der Waals surface area contributed by atoms with Gasteiger partial charge in [0.15, 0.2) is 0 Å². The maximum Gasteiger partial charge on any atom is 0.319 e. The number of aromatic amines is 1.